The van der Waals surface area contributed by atoms with Crippen LogP contribution in [0.25, 0.3) is 0 Å². The zero-order chi connectivity index (χ0) is 13.4. The second kappa shape index (κ2) is 5.14. The molecule has 4 heteroatoms. The molecule has 2 atom stereocenters. The molecular formula is C15H24N2O2. The summed E-state index contributed by atoms with van der Waals surface area (Å²) in [7, 11) is 0. The average molecular weight is 264 g/mol. The van der Waals surface area contributed by atoms with Crippen LogP contribution < -0.4 is 5.32 Å². The highest BCUT2D eigenvalue weighted by Gasteiger charge is 2.49. The van der Waals surface area contributed by atoms with Crippen LogP contribution in [0.3, 0.4) is 0 Å². The lowest BCUT2D eigenvalue weighted by Gasteiger charge is -2.42. The van der Waals surface area contributed by atoms with E-state index in [0.29, 0.717) is 12.0 Å². The molecule has 1 aliphatic heterocycles. The van der Waals surface area contributed by atoms with Gasteiger partial charge in [0.25, 0.3) is 0 Å². The summed E-state index contributed by atoms with van der Waals surface area (Å²) in [6, 6.07) is -0.111. The van der Waals surface area contributed by atoms with Gasteiger partial charge in [-0.3, -0.25) is 9.59 Å². The predicted molar refractivity (Wildman–Crippen MR) is 72.5 cm³/mol. The van der Waals surface area contributed by atoms with Crippen molar-refractivity contribution < 1.29 is 9.59 Å². The van der Waals surface area contributed by atoms with E-state index >= 15 is 0 Å². The Morgan fingerprint density at radius 3 is 2.42 bits per heavy atom. The zero-order valence-electron chi connectivity index (χ0n) is 11.7. The molecule has 106 valence electrons. The quantitative estimate of drug-likeness (QED) is 0.842. The number of nitrogens with zero attached hydrogens (tertiary/aromatic N) is 1. The minimum atomic E-state index is -0.270. The summed E-state index contributed by atoms with van der Waals surface area (Å²) in [6.45, 7) is 2.06. The largest absolute Gasteiger partial charge is 0.342 e. The Balaban J connectivity index is 1.83. The smallest absolute Gasteiger partial charge is 0.246 e. The van der Waals surface area contributed by atoms with E-state index in [1.807, 2.05) is 4.90 Å². The Morgan fingerprint density at radius 2 is 1.84 bits per heavy atom. The molecule has 2 aliphatic carbocycles. The van der Waals surface area contributed by atoms with Gasteiger partial charge in [-0.25, -0.2) is 0 Å². The third kappa shape index (κ3) is 2.37. The number of hydrogen-bond acceptors (Lipinski definition) is 2. The van der Waals surface area contributed by atoms with E-state index in [-0.39, 0.29) is 23.9 Å². The fraction of sp³-hybridized carbons (Fsp3) is 0.867. The molecule has 0 aromatic carbocycles. The zero-order valence-corrected chi connectivity index (χ0v) is 11.7. The Morgan fingerprint density at radius 1 is 1.16 bits per heavy atom. The Labute approximate surface area is 114 Å². The fourth-order valence-corrected chi connectivity index (χ4v) is 3.69. The summed E-state index contributed by atoms with van der Waals surface area (Å²) < 4.78 is 0. The fourth-order valence-electron chi connectivity index (χ4n) is 3.69. The molecule has 4 nitrogen and oxygen atoms in total. The van der Waals surface area contributed by atoms with E-state index in [1.54, 1.807) is 0 Å². The number of nitrogens with one attached hydrogen (secondary N) is 1. The highest BCUT2D eigenvalue weighted by Crippen LogP contribution is 2.40. The molecule has 19 heavy (non-hydrogen) atoms. The van der Waals surface area contributed by atoms with Gasteiger partial charge < -0.3 is 10.2 Å². The van der Waals surface area contributed by atoms with Crippen molar-refractivity contribution in [1.82, 2.24) is 10.2 Å². The van der Waals surface area contributed by atoms with Gasteiger partial charge >= 0.3 is 0 Å². The standard InChI is InChI=1S/C15H24N2O2/c1-2-5-12-15(19)17(11-6-3-4-7-11)13(10-8-9-10)14(18)16-12/h10-13H,2-9H2,1H3,(H,16,18). The van der Waals surface area contributed by atoms with Gasteiger partial charge in [-0.2, -0.15) is 0 Å². The van der Waals surface area contributed by atoms with Gasteiger partial charge in [0.15, 0.2) is 0 Å². The van der Waals surface area contributed by atoms with Crippen LogP contribution in [0.2, 0.25) is 0 Å². The first-order valence-electron chi connectivity index (χ1n) is 7.85. The molecule has 1 saturated heterocycles. The van der Waals surface area contributed by atoms with E-state index in [4.69, 9.17) is 0 Å². The number of amides is 2. The van der Waals surface area contributed by atoms with E-state index in [2.05, 4.69) is 12.2 Å². The van der Waals surface area contributed by atoms with Gasteiger partial charge in [-0.1, -0.05) is 26.2 Å². The molecule has 2 unspecified atom stereocenters. The average Bonchev–Trinajstić information content (AvgIpc) is 3.08. The van der Waals surface area contributed by atoms with Crippen LogP contribution in [0.4, 0.5) is 0 Å². The van der Waals surface area contributed by atoms with Gasteiger partial charge in [0, 0.05) is 6.04 Å². The lowest BCUT2D eigenvalue weighted by molar-refractivity contribution is -0.153. The molecule has 3 rings (SSSR count). The first kappa shape index (κ1) is 12.9. The summed E-state index contributed by atoms with van der Waals surface area (Å²) in [5.74, 6) is 0.713. The van der Waals surface area contributed by atoms with Crippen molar-refractivity contribution in [2.24, 2.45) is 5.92 Å². The van der Waals surface area contributed by atoms with Crippen LogP contribution in [-0.4, -0.2) is 34.8 Å². The number of carbonyl (C=O) groups excluding carboxylic acids is 2. The number of rotatable bonds is 4. The van der Waals surface area contributed by atoms with Gasteiger partial charge in [0.1, 0.15) is 12.1 Å². The Kier molecular flexibility index (Phi) is 3.50. The summed E-state index contributed by atoms with van der Waals surface area (Å²) in [5, 5.41) is 2.96. The molecule has 2 saturated carbocycles. The maximum absolute atomic E-state index is 12.7. The third-order valence-corrected chi connectivity index (χ3v) is 4.80. The first-order valence-corrected chi connectivity index (χ1v) is 7.85. The lowest BCUT2D eigenvalue weighted by Crippen LogP contribution is -2.66. The lowest BCUT2D eigenvalue weighted by atomic mass is 9.97. The molecule has 2 amide bonds. The number of piperazine rings is 1. The molecule has 0 bridgehead atoms. The molecule has 3 fully saturated rings. The third-order valence-electron chi connectivity index (χ3n) is 4.80. The van der Waals surface area contributed by atoms with Crippen LogP contribution in [0, 0.1) is 5.92 Å². The summed E-state index contributed by atoms with van der Waals surface area (Å²) in [4.78, 5) is 27.1. The second-order valence-electron chi connectivity index (χ2n) is 6.32. The SMILES string of the molecule is CCCC1NC(=O)C(C2CC2)N(C2CCCC2)C1=O. The van der Waals surface area contributed by atoms with Gasteiger partial charge in [-0.05, 0) is 38.0 Å². The Bertz CT molecular complexity index is 372. The topological polar surface area (TPSA) is 49.4 Å². The van der Waals surface area contributed by atoms with Crippen LogP contribution >= 0.6 is 0 Å². The maximum atomic E-state index is 12.7. The monoisotopic (exact) mass is 264 g/mol. The van der Waals surface area contributed by atoms with Crippen molar-refractivity contribution in [1.29, 1.82) is 0 Å². The summed E-state index contributed by atoms with van der Waals surface area (Å²) >= 11 is 0. The van der Waals surface area contributed by atoms with Crippen LogP contribution in [0.1, 0.15) is 58.3 Å². The summed E-state index contributed by atoms with van der Waals surface area (Å²) in [5.41, 5.74) is 0. The van der Waals surface area contributed by atoms with E-state index in [9.17, 15) is 9.59 Å². The van der Waals surface area contributed by atoms with Gasteiger partial charge in [0.2, 0.25) is 11.8 Å². The molecule has 0 aromatic rings. The van der Waals surface area contributed by atoms with Crippen LogP contribution in [0.5, 0.6) is 0 Å². The highest BCUT2D eigenvalue weighted by atomic mass is 16.2. The number of carbonyl (C=O) groups is 2. The predicted octanol–water partition coefficient (Wildman–Crippen LogP) is 1.83. The molecule has 0 radical (unpaired) electrons. The van der Waals surface area contributed by atoms with Crippen molar-refractivity contribution >= 4 is 11.8 Å². The van der Waals surface area contributed by atoms with Gasteiger partial charge in [0.05, 0.1) is 0 Å². The minimum Gasteiger partial charge on any atom is -0.342 e. The van der Waals surface area contributed by atoms with Crippen molar-refractivity contribution in [3.63, 3.8) is 0 Å². The van der Waals surface area contributed by atoms with Gasteiger partial charge in [-0.15, -0.1) is 0 Å². The maximum Gasteiger partial charge on any atom is 0.246 e. The molecule has 1 heterocycles. The van der Waals surface area contributed by atoms with Crippen LogP contribution in [-0.2, 0) is 9.59 Å². The molecule has 0 spiro atoms. The van der Waals surface area contributed by atoms with Crippen molar-refractivity contribution in [3.8, 4) is 0 Å². The highest BCUT2D eigenvalue weighted by molar-refractivity contribution is 5.97. The molecule has 0 aromatic heterocycles. The number of hydrogen-bond donors (Lipinski definition) is 1. The van der Waals surface area contributed by atoms with E-state index in [1.165, 1.54) is 12.8 Å². The van der Waals surface area contributed by atoms with Crippen molar-refractivity contribution in [2.75, 3.05) is 0 Å². The van der Waals surface area contributed by atoms with E-state index < -0.39 is 0 Å². The first-order chi connectivity index (χ1) is 9.22. The molecule has 1 N–H and O–H groups in total. The second-order valence-corrected chi connectivity index (χ2v) is 6.32. The normalized spacial score (nSPS) is 32.8. The van der Waals surface area contributed by atoms with Crippen molar-refractivity contribution in [2.45, 2.75) is 76.4 Å². The van der Waals surface area contributed by atoms with E-state index in [0.717, 1.165) is 38.5 Å². The minimum absolute atomic E-state index is 0.104. The molecule has 3 aliphatic rings. The van der Waals surface area contributed by atoms with Crippen molar-refractivity contribution in [3.05, 3.63) is 0 Å². The summed E-state index contributed by atoms with van der Waals surface area (Å²) in [6.07, 6.45) is 8.48. The van der Waals surface area contributed by atoms with Crippen LogP contribution in [0.15, 0.2) is 0 Å². The Hall–Kier alpha value is -1.06. The molecular weight excluding hydrogens is 240 g/mol.